The maximum atomic E-state index is 12.0. The van der Waals surface area contributed by atoms with Crippen molar-refractivity contribution >= 4 is 34.8 Å². The number of anilines is 1. The second-order valence-corrected chi connectivity index (χ2v) is 9.51. The molecule has 1 aliphatic heterocycles. The number of piperazine rings is 1. The molecule has 4 nitrogen and oxygen atoms in total. The van der Waals surface area contributed by atoms with Gasteiger partial charge >= 0.3 is 5.97 Å². The Bertz CT molecular complexity index is 996. The number of esters is 1. The van der Waals surface area contributed by atoms with E-state index < -0.39 is 0 Å². The van der Waals surface area contributed by atoms with Crippen LogP contribution >= 0.6 is 23.1 Å². The molecule has 1 aliphatic rings. The maximum absolute atomic E-state index is 12.0. The Morgan fingerprint density at radius 3 is 2.53 bits per heavy atom. The zero-order valence-corrected chi connectivity index (χ0v) is 19.0. The van der Waals surface area contributed by atoms with Gasteiger partial charge in [-0.05, 0) is 49.1 Å². The maximum Gasteiger partial charge on any atom is 0.349 e. The second kappa shape index (κ2) is 9.69. The summed E-state index contributed by atoms with van der Waals surface area (Å²) in [6, 6.07) is 18.9. The van der Waals surface area contributed by atoms with Crippen LogP contribution in [0, 0.1) is 13.8 Å². The molecule has 6 heteroatoms. The van der Waals surface area contributed by atoms with E-state index in [1.54, 1.807) is 6.07 Å². The van der Waals surface area contributed by atoms with Gasteiger partial charge in [-0.1, -0.05) is 47.7 Å². The summed E-state index contributed by atoms with van der Waals surface area (Å²) in [5.74, 6) is -0.234. The van der Waals surface area contributed by atoms with E-state index in [9.17, 15) is 4.79 Å². The average Bonchev–Trinajstić information content (AvgIpc) is 3.30. The van der Waals surface area contributed by atoms with Crippen molar-refractivity contribution in [2.45, 2.75) is 23.6 Å². The highest BCUT2D eigenvalue weighted by Crippen LogP contribution is 2.37. The molecule has 0 atom stereocenters. The SMILES string of the molecule is Cc1ccc(Sc2ccccc2N2CCN(COC(=O)c3cccs3)CC2)c(C)c1. The summed E-state index contributed by atoms with van der Waals surface area (Å²) in [6.45, 7) is 8.24. The minimum Gasteiger partial charge on any atom is -0.445 e. The standard InChI is InChI=1S/C24H26N2O2S2/c1-18-9-10-21(19(2)16-18)30-22-7-4-3-6-20(22)26-13-11-25(12-14-26)17-28-24(27)23-8-5-15-29-23/h3-10,15-16H,11-14,17H2,1-2H3. The van der Waals surface area contributed by atoms with Gasteiger partial charge < -0.3 is 9.64 Å². The Hall–Kier alpha value is -2.28. The van der Waals surface area contributed by atoms with Gasteiger partial charge in [0.25, 0.3) is 0 Å². The lowest BCUT2D eigenvalue weighted by molar-refractivity contribution is 0.0208. The van der Waals surface area contributed by atoms with Crippen LogP contribution < -0.4 is 4.90 Å². The summed E-state index contributed by atoms with van der Waals surface area (Å²) in [5.41, 5.74) is 3.88. The van der Waals surface area contributed by atoms with Crippen LogP contribution in [-0.2, 0) is 4.74 Å². The normalized spacial score (nSPS) is 14.7. The smallest absolute Gasteiger partial charge is 0.349 e. The third-order valence-electron chi connectivity index (χ3n) is 5.23. The van der Waals surface area contributed by atoms with Crippen LogP contribution in [0.1, 0.15) is 20.8 Å². The molecule has 1 aromatic heterocycles. The number of benzene rings is 2. The molecule has 156 valence electrons. The van der Waals surface area contributed by atoms with E-state index in [0.717, 1.165) is 26.2 Å². The Labute approximate surface area is 186 Å². The predicted molar refractivity (Wildman–Crippen MR) is 125 cm³/mol. The van der Waals surface area contributed by atoms with Crippen molar-refractivity contribution < 1.29 is 9.53 Å². The van der Waals surface area contributed by atoms with E-state index in [2.05, 4.69) is 66.1 Å². The summed E-state index contributed by atoms with van der Waals surface area (Å²) >= 11 is 3.25. The number of hydrogen-bond acceptors (Lipinski definition) is 6. The first kappa shape index (κ1) is 21.0. The zero-order valence-electron chi connectivity index (χ0n) is 17.3. The number of ether oxygens (including phenoxy) is 1. The predicted octanol–water partition coefficient (Wildman–Crippen LogP) is 5.45. The number of hydrogen-bond donors (Lipinski definition) is 0. The van der Waals surface area contributed by atoms with Crippen LogP contribution in [0.3, 0.4) is 0 Å². The molecule has 0 bridgehead atoms. The number of nitrogens with zero attached hydrogens (tertiary/aromatic N) is 2. The zero-order chi connectivity index (χ0) is 20.9. The molecule has 4 rings (SSSR count). The molecular formula is C24H26N2O2S2. The molecule has 0 aliphatic carbocycles. The van der Waals surface area contributed by atoms with Gasteiger partial charge in [0.1, 0.15) is 11.6 Å². The van der Waals surface area contributed by atoms with Crippen LogP contribution in [0.5, 0.6) is 0 Å². The van der Waals surface area contributed by atoms with Gasteiger partial charge in [0.05, 0.1) is 5.69 Å². The molecule has 30 heavy (non-hydrogen) atoms. The highest BCUT2D eigenvalue weighted by atomic mass is 32.2. The van der Waals surface area contributed by atoms with E-state index in [0.29, 0.717) is 11.6 Å². The van der Waals surface area contributed by atoms with E-state index >= 15 is 0 Å². The first-order chi connectivity index (χ1) is 14.6. The van der Waals surface area contributed by atoms with Crippen molar-refractivity contribution in [3.8, 4) is 0 Å². The summed E-state index contributed by atoms with van der Waals surface area (Å²) in [7, 11) is 0. The first-order valence-electron chi connectivity index (χ1n) is 10.1. The van der Waals surface area contributed by atoms with Gasteiger partial charge in [0, 0.05) is 36.0 Å². The van der Waals surface area contributed by atoms with Crippen LogP contribution in [0.25, 0.3) is 0 Å². The van der Waals surface area contributed by atoms with E-state index in [-0.39, 0.29) is 5.97 Å². The average molecular weight is 439 g/mol. The van der Waals surface area contributed by atoms with Crippen molar-refractivity contribution in [2.75, 3.05) is 37.8 Å². The number of para-hydroxylation sites is 1. The summed E-state index contributed by atoms with van der Waals surface area (Å²) in [5, 5.41) is 1.89. The first-order valence-corrected chi connectivity index (χ1v) is 11.8. The lowest BCUT2D eigenvalue weighted by Crippen LogP contribution is -2.47. The molecule has 2 heterocycles. The molecule has 1 fully saturated rings. The molecule has 3 aromatic rings. The fourth-order valence-electron chi connectivity index (χ4n) is 3.57. The number of carbonyl (C=O) groups is 1. The van der Waals surface area contributed by atoms with Gasteiger partial charge in [-0.3, -0.25) is 4.90 Å². The highest BCUT2D eigenvalue weighted by molar-refractivity contribution is 7.99. The fraction of sp³-hybridized carbons (Fsp3) is 0.292. The molecule has 1 saturated heterocycles. The van der Waals surface area contributed by atoms with Crippen molar-refractivity contribution in [1.29, 1.82) is 0 Å². The molecule has 0 amide bonds. The van der Waals surface area contributed by atoms with Gasteiger partial charge in [0.15, 0.2) is 0 Å². The Morgan fingerprint density at radius 2 is 1.80 bits per heavy atom. The summed E-state index contributed by atoms with van der Waals surface area (Å²) in [6.07, 6.45) is 0. The van der Waals surface area contributed by atoms with Crippen molar-refractivity contribution in [1.82, 2.24) is 4.90 Å². The molecule has 0 unspecified atom stereocenters. The highest BCUT2D eigenvalue weighted by Gasteiger charge is 2.21. The van der Waals surface area contributed by atoms with Crippen molar-refractivity contribution in [3.05, 3.63) is 76.0 Å². The molecule has 0 saturated carbocycles. The van der Waals surface area contributed by atoms with E-state index in [1.807, 2.05) is 23.2 Å². The van der Waals surface area contributed by atoms with E-state index in [1.165, 1.54) is 37.9 Å². The van der Waals surface area contributed by atoms with Crippen molar-refractivity contribution in [3.63, 3.8) is 0 Å². The van der Waals surface area contributed by atoms with Gasteiger partial charge in [0.2, 0.25) is 0 Å². The number of thiophene rings is 1. The Morgan fingerprint density at radius 1 is 1.00 bits per heavy atom. The van der Waals surface area contributed by atoms with Crippen LogP contribution in [0.4, 0.5) is 5.69 Å². The minimum absolute atomic E-state index is 0.234. The number of carbonyl (C=O) groups excluding carboxylic acids is 1. The molecule has 2 aromatic carbocycles. The van der Waals surface area contributed by atoms with Gasteiger partial charge in [-0.15, -0.1) is 11.3 Å². The van der Waals surface area contributed by atoms with Gasteiger partial charge in [-0.2, -0.15) is 0 Å². The van der Waals surface area contributed by atoms with Crippen LogP contribution in [-0.4, -0.2) is 43.8 Å². The molecule has 0 spiro atoms. The quantitative estimate of drug-likeness (QED) is 0.478. The Balaban J connectivity index is 1.36. The Kier molecular flexibility index (Phi) is 6.77. The topological polar surface area (TPSA) is 32.8 Å². The second-order valence-electron chi connectivity index (χ2n) is 7.48. The lowest BCUT2D eigenvalue weighted by atomic mass is 10.2. The largest absolute Gasteiger partial charge is 0.445 e. The third-order valence-corrected chi connectivity index (χ3v) is 7.32. The third kappa shape index (κ3) is 5.06. The fourth-order valence-corrected chi connectivity index (χ4v) is 5.23. The molecular weight excluding hydrogens is 412 g/mol. The van der Waals surface area contributed by atoms with E-state index in [4.69, 9.17) is 4.74 Å². The monoisotopic (exact) mass is 438 g/mol. The van der Waals surface area contributed by atoms with Crippen LogP contribution in [0.2, 0.25) is 0 Å². The lowest BCUT2D eigenvalue weighted by Gasteiger charge is -2.36. The number of rotatable bonds is 6. The van der Waals surface area contributed by atoms with Crippen LogP contribution in [0.15, 0.2) is 69.8 Å². The molecule has 0 radical (unpaired) electrons. The van der Waals surface area contributed by atoms with Crippen molar-refractivity contribution in [2.24, 2.45) is 0 Å². The molecule has 0 N–H and O–H groups in total. The summed E-state index contributed by atoms with van der Waals surface area (Å²) in [4.78, 5) is 19.9. The summed E-state index contributed by atoms with van der Waals surface area (Å²) < 4.78 is 5.47. The minimum atomic E-state index is -0.234. The van der Waals surface area contributed by atoms with Gasteiger partial charge in [-0.25, -0.2) is 4.79 Å². The number of aryl methyl sites for hydroxylation is 2.